The van der Waals surface area contributed by atoms with Crippen molar-refractivity contribution in [3.63, 3.8) is 0 Å². The third-order valence-electron chi connectivity index (χ3n) is 4.35. The summed E-state index contributed by atoms with van der Waals surface area (Å²) < 4.78 is 14.9. The van der Waals surface area contributed by atoms with Gasteiger partial charge in [0.05, 0.1) is 0 Å². The van der Waals surface area contributed by atoms with Crippen molar-refractivity contribution in [2.24, 2.45) is 5.92 Å². The van der Waals surface area contributed by atoms with Crippen LogP contribution in [0.2, 0.25) is 0 Å². The minimum atomic E-state index is -0.221. The van der Waals surface area contributed by atoms with E-state index in [9.17, 15) is 9.18 Å². The molecule has 24 heavy (non-hydrogen) atoms. The normalized spacial score (nSPS) is 17.5. The number of imidazole rings is 1. The van der Waals surface area contributed by atoms with Gasteiger partial charge in [0.25, 0.3) is 5.91 Å². The number of anilines is 1. The van der Waals surface area contributed by atoms with Crippen molar-refractivity contribution >= 4 is 27.9 Å². The van der Waals surface area contributed by atoms with Crippen LogP contribution in [0.15, 0.2) is 42.0 Å². The Hall–Kier alpha value is -2.41. The van der Waals surface area contributed by atoms with Crippen LogP contribution in [0.5, 0.6) is 0 Å². The van der Waals surface area contributed by atoms with Gasteiger partial charge < -0.3 is 10.2 Å². The number of hydrogen-bond acceptors (Lipinski definition) is 4. The number of hydrogen-bond donors (Lipinski definition) is 1. The molecule has 1 fully saturated rings. The van der Waals surface area contributed by atoms with E-state index in [0.29, 0.717) is 18.2 Å². The Morgan fingerprint density at radius 2 is 2.21 bits per heavy atom. The van der Waals surface area contributed by atoms with Gasteiger partial charge in [-0.05, 0) is 36.6 Å². The standard InChI is InChI=1S/C17H17FN4OS/c18-13-1-3-14(4-2-13)21-6-5-12(10-21)9-19-16(23)15-11-22-7-8-24-17(22)20-15/h1-4,7-8,11-12H,5-6,9-10H2,(H,19,23)/t12-/m0/s1. The zero-order valence-electron chi connectivity index (χ0n) is 13.0. The number of thiazole rings is 1. The molecule has 0 bridgehead atoms. The Morgan fingerprint density at radius 3 is 3.00 bits per heavy atom. The quantitative estimate of drug-likeness (QED) is 0.792. The van der Waals surface area contributed by atoms with Gasteiger partial charge in [-0.3, -0.25) is 9.20 Å². The van der Waals surface area contributed by atoms with Gasteiger partial charge in [-0.25, -0.2) is 9.37 Å². The molecule has 1 amide bonds. The van der Waals surface area contributed by atoms with Gasteiger partial charge in [-0.1, -0.05) is 0 Å². The van der Waals surface area contributed by atoms with E-state index >= 15 is 0 Å². The van der Waals surface area contributed by atoms with Crippen LogP contribution in [-0.4, -0.2) is 34.9 Å². The van der Waals surface area contributed by atoms with Crippen LogP contribution in [0.4, 0.5) is 10.1 Å². The highest BCUT2D eigenvalue weighted by Crippen LogP contribution is 2.23. The van der Waals surface area contributed by atoms with Crippen LogP contribution in [0.25, 0.3) is 4.96 Å². The second-order valence-corrected chi connectivity index (χ2v) is 6.88. The largest absolute Gasteiger partial charge is 0.371 e. The first-order chi connectivity index (χ1) is 11.7. The van der Waals surface area contributed by atoms with Crippen LogP contribution < -0.4 is 10.2 Å². The topological polar surface area (TPSA) is 49.6 Å². The van der Waals surface area contributed by atoms with Crippen LogP contribution in [-0.2, 0) is 0 Å². The third kappa shape index (κ3) is 2.99. The van der Waals surface area contributed by atoms with E-state index in [2.05, 4.69) is 15.2 Å². The van der Waals surface area contributed by atoms with Crippen molar-refractivity contribution in [3.05, 3.63) is 53.6 Å². The van der Waals surface area contributed by atoms with Gasteiger partial charge in [-0.2, -0.15) is 0 Å². The van der Waals surface area contributed by atoms with Gasteiger partial charge >= 0.3 is 0 Å². The predicted octanol–water partition coefficient (Wildman–Crippen LogP) is 2.79. The summed E-state index contributed by atoms with van der Waals surface area (Å²) in [6.45, 7) is 2.41. The van der Waals surface area contributed by atoms with Crippen molar-refractivity contribution < 1.29 is 9.18 Å². The summed E-state index contributed by atoms with van der Waals surface area (Å²) in [5, 5.41) is 4.91. The SMILES string of the molecule is O=C(NC[C@@H]1CCN(c2ccc(F)cc2)C1)c1cn2ccsc2n1. The number of benzene rings is 1. The van der Waals surface area contributed by atoms with Crippen molar-refractivity contribution in [2.75, 3.05) is 24.5 Å². The fourth-order valence-corrected chi connectivity index (χ4v) is 3.75. The average Bonchev–Trinajstić information content (AvgIpc) is 3.29. The van der Waals surface area contributed by atoms with Crippen molar-refractivity contribution in [3.8, 4) is 0 Å². The monoisotopic (exact) mass is 344 g/mol. The molecule has 1 aromatic carbocycles. The molecule has 1 aliphatic rings. The number of carbonyl (C=O) groups is 1. The lowest BCUT2D eigenvalue weighted by Gasteiger charge is -2.18. The van der Waals surface area contributed by atoms with Gasteiger partial charge in [-0.15, -0.1) is 11.3 Å². The minimum absolute atomic E-state index is 0.133. The summed E-state index contributed by atoms with van der Waals surface area (Å²) >= 11 is 1.51. The predicted molar refractivity (Wildman–Crippen MR) is 92.1 cm³/mol. The molecule has 2 aromatic heterocycles. The molecule has 0 aliphatic carbocycles. The Morgan fingerprint density at radius 1 is 1.38 bits per heavy atom. The summed E-state index contributed by atoms with van der Waals surface area (Å²) in [6.07, 6.45) is 4.65. The number of aromatic nitrogens is 2. The van der Waals surface area contributed by atoms with E-state index in [1.807, 2.05) is 16.0 Å². The Kier molecular flexibility index (Phi) is 3.93. The maximum Gasteiger partial charge on any atom is 0.271 e. The number of rotatable bonds is 4. The molecule has 1 atom stereocenters. The van der Waals surface area contributed by atoms with Gasteiger partial charge in [0.2, 0.25) is 0 Å². The smallest absolute Gasteiger partial charge is 0.271 e. The zero-order valence-corrected chi connectivity index (χ0v) is 13.8. The molecule has 0 unspecified atom stereocenters. The van der Waals surface area contributed by atoms with Crippen LogP contribution >= 0.6 is 11.3 Å². The van der Waals surface area contributed by atoms with Gasteiger partial charge in [0.1, 0.15) is 11.5 Å². The summed E-state index contributed by atoms with van der Waals surface area (Å²) in [4.78, 5) is 19.6. The molecular formula is C17H17FN4OS. The molecule has 124 valence electrons. The minimum Gasteiger partial charge on any atom is -0.371 e. The van der Waals surface area contributed by atoms with E-state index in [1.54, 1.807) is 18.3 Å². The second kappa shape index (κ2) is 6.24. The van der Waals surface area contributed by atoms with E-state index in [-0.39, 0.29) is 11.7 Å². The Labute approximate surface area is 142 Å². The number of fused-ring (bicyclic) bond motifs is 1. The summed E-state index contributed by atoms with van der Waals surface area (Å²) in [6, 6.07) is 6.56. The van der Waals surface area contributed by atoms with Crippen LogP contribution in [0.3, 0.4) is 0 Å². The molecule has 1 N–H and O–H groups in total. The first kappa shape index (κ1) is 15.1. The molecule has 5 nitrogen and oxygen atoms in total. The third-order valence-corrected chi connectivity index (χ3v) is 5.13. The number of nitrogens with one attached hydrogen (secondary N) is 1. The van der Waals surface area contributed by atoms with Crippen molar-refractivity contribution in [1.29, 1.82) is 0 Å². The zero-order chi connectivity index (χ0) is 16.5. The van der Waals surface area contributed by atoms with E-state index < -0.39 is 0 Å². The Bertz CT molecular complexity index is 828. The number of carbonyl (C=O) groups excluding carboxylic acids is 1. The highest BCUT2D eigenvalue weighted by atomic mass is 32.1. The average molecular weight is 344 g/mol. The van der Waals surface area contributed by atoms with Crippen LogP contribution in [0, 0.1) is 11.7 Å². The van der Waals surface area contributed by atoms with Crippen LogP contribution in [0.1, 0.15) is 16.9 Å². The summed E-state index contributed by atoms with van der Waals surface area (Å²) in [7, 11) is 0. The molecule has 3 heterocycles. The molecule has 0 spiro atoms. The summed E-state index contributed by atoms with van der Waals surface area (Å²) in [5.74, 6) is 0.0376. The van der Waals surface area contributed by atoms with Crippen molar-refractivity contribution in [1.82, 2.24) is 14.7 Å². The summed E-state index contributed by atoms with van der Waals surface area (Å²) in [5.41, 5.74) is 1.48. The van der Waals surface area contributed by atoms with E-state index in [0.717, 1.165) is 30.2 Å². The second-order valence-electron chi connectivity index (χ2n) is 6.01. The first-order valence-electron chi connectivity index (χ1n) is 7.90. The van der Waals surface area contributed by atoms with Gasteiger partial charge in [0.15, 0.2) is 4.96 Å². The number of amides is 1. The first-order valence-corrected chi connectivity index (χ1v) is 8.78. The lowest BCUT2D eigenvalue weighted by Crippen LogP contribution is -2.31. The fourth-order valence-electron chi connectivity index (χ4n) is 3.05. The highest BCUT2D eigenvalue weighted by molar-refractivity contribution is 7.15. The van der Waals surface area contributed by atoms with Crippen molar-refractivity contribution in [2.45, 2.75) is 6.42 Å². The molecule has 0 saturated carbocycles. The molecule has 3 aromatic rings. The lowest BCUT2D eigenvalue weighted by molar-refractivity contribution is 0.0944. The number of nitrogens with zero attached hydrogens (tertiary/aromatic N) is 3. The Balaban J connectivity index is 1.32. The molecule has 4 rings (SSSR count). The maximum atomic E-state index is 13.0. The molecule has 1 saturated heterocycles. The fraction of sp³-hybridized carbons (Fsp3) is 0.294. The number of halogens is 1. The molecular weight excluding hydrogens is 327 g/mol. The molecule has 0 radical (unpaired) electrons. The molecule has 7 heteroatoms. The molecule has 1 aliphatic heterocycles. The highest BCUT2D eigenvalue weighted by Gasteiger charge is 2.23. The lowest BCUT2D eigenvalue weighted by atomic mass is 10.1. The van der Waals surface area contributed by atoms with Gasteiger partial charge in [0, 0.05) is 43.1 Å². The maximum absolute atomic E-state index is 13.0. The van der Waals surface area contributed by atoms with E-state index in [4.69, 9.17) is 0 Å². The van der Waals surface area contributed by atoms with E-state index in [1.165, 1.54) is 23.5 Å².